The number of anilines is 1. The number of nitrogens with one attached hydrogen (secondary N) is 1. The first-order valence-corrected chi connectivity index (χ1v) is 10.6. The van der Waals surface area contributed by atoms with Crippen molar-refractivity contribution in [3.05, 3.63) is 93.6 Å². The van der Waals surface area contributed by atoms with Crippen LogP contribution >= 0.6 is 23.1 Å². The zero-order valence-corrected chi connectivity index (χ0v) is 16.8. The van der Waals surface area contributed by atoms with Crippen LogP contribution in [0.3, 0.4) is 0 Å². The van der Waals surface area contributed by atoms with Crippen LogP contribution in [0.1, 0.15) is 15.9 Å². The third-order valence-electron chi connectivity index (χ3n) is 4.41. The van der Waals surface area contributed by atoms with Crippen molar-refractivity contribution < 1.29 is 4.79 Å². The molecule has 4 aromatic rings. The van der Waals surface area contributed by atoms with Crippen molar-refractivity contribution >= 4 is 44.9 Å². The minimum Gasteiger partial charge on any atom is -0.322 e. The Balaban J connectivity index is 1.42. The minimum atomic E-state index is -0.162. The number of aromatic nitrogens is 1. The lowest BCUT2D eigenvalue weighted by atomic mass is 10.1. The van der Waals surface area contributed by atoms with E-state index in [1.165, 1.54) is 21.8 Å². The van der Waals surface area contributed by atoms with Gasteiger partial charge >= 0.3 is 4.87 Å². The zero-order chi connectivity index (χ0) is 19.5. The van der Waals surface area contributed by atoms with Gasteiger partial charge in [0.05, 0.1) is 10.2 Å². The summed E-state index contributed by atoms with van der Waals surface area (Å²) in [5.41, 5.74) is 3.33. The second-order valence-electron chi connectivity index (χ2n) is 6.36. The summed E-state index contributed by atoms with van der Waals surface area (Å²) in [6.07, 6.45) is 0. The van der Waals surface area contributed by atoms with E-state index < -0.39 is 0 Å². The van der Waals surface area contributed by atoms with Crippen molar-refractivity contribution in [3.63, 3.8) is 0 Å². The molecule has 0 unspecified atom stereocenters. The standard InChI is InChI=1S/C22H18N2O2S2/c1-24-19-12-11-17(13-20(19)28-22(24)26)23-21(25)16-9-7-15(8-10-16)14-27-18-5-3-2-4-6-18/h2-13H,14H2,1H3,(H,23,25). The molecule has 0 atom stereocenters. The molecule has 140 valence electrons. The zero-order valence-electron chi connectivity index (χ0n) is 15.2. The highest BCUT2D eigenvalue weighted by Gasteiger charge is 2.09. The highest BCUT2D eigenvalue weighted by molar-refractivity contribution is 7.98. The Morgan fingerprint density at radius 2 is 1.79 bits per heavy atom. The van der Waals surface area contributed by atoms with Crippen LogP contribution in [0.2, 0.25) is 0 Å². The molecular weight excluding hydrogens is 388 g/mol. The summed E-state index contributed by atoms with van der Waals surface area (Å²) >= 11 is 2.94. The van der Waals surface area contributed by atoms with E-state index in [2.05, 4.69) is 17.4 Å². The van der Waals surface area contributed by atoms with E-state index in [1.807, 2.05) is 60.7 Å². The van der Waals surface area contributed by atoms with Crippen LogP contribution in [0.25, 0.3) is 10.2 Å². The molecule has 0 radical (unpaired) electrons. The number of nitrogens with zero attached hydrogens (tertiary/aromatic N) is 1. The Morgan fingerprint density at radius 1 is 1.04 bits per heavy atom. The summed E-state index contributed by atoms with van der Waals surface area (Å²) < 4.78 is 2.47. The second kappa shape index (κ2) is 8.04. The first kappa shape index (κ1) is 18.5. The third-order valence-corrected chi connectivity index (χ3v) is 6.49. The molecule has 4 nitrogen and oxygen atoms in total. The molecule has 0 aliphatic rings. The number of rotatable bonds is 5. The molecule has 1 N–H and O–H groups in total. The maximum Gasteiger partial charge on any atom is 0.307 e. The van der Waals surface area contributed by atoms with Crippen LogP contribution < -0.4 is 10.2 Å². The lowest BCUT2D eigenvalue weighted by Crippen LogP contribution is -2.11. The van der Waals surface area contributed by atoms with Crippen molar-refractivity contribution in [3.8, 4) is 0 Å². The van der Waals surface area contributed by atoms with E-state index in [0.29, 0.717) is 11.3 Å². The van der Waals surface area contributed by atoms with Gasteiger partial charge in [-0.15, -0.1) is 11.8 Å². The van der Waals surface area contributed by atoms with Gasteiger partial charge in [0.2, 0.25) is 0 Å². The highest BCUT2D eigenvalue weighted by Crippen LogP contribution is 2.23. The van der Waals surface area contributed by atoms with Crippen molar-refractivity contribution in [2.75, 3.05) is 5.32 Å². The fourth-order valence-corrected chi connectivity index (χ4v) is 4.64. The lowest BCUT2D eigenvalue weighted by molar-refractivity contribution is 0.102. The SMILES string of the molecule is Cn1c(=O)sc2cc(NC(=O)c3ccc(CSc4ccccc4)cc3)ccc21. The van der Waals surface area contributed by atoms with E-state index in [0.717, 1.165) is 16.0 Å². The first-order valence-electron chi connectivity index (χ1n) is 8.78. The molecule has 0 aliphatic heterocycles. The van der Waals surface area contributed by atoms with Crippen LogP contribution in [0.4, 0.5) is 5.69 Å². The molecule has 0 fully saturated rings. The Kier molecular flexibility index (Phi) is 5.32. The number of aryl methyl sites for hydroxylation is 1. The Labute approximate surface area is 170 Å². The van der Waals surface area contributed by atoms with E-state index >= 15 is 0 Å². The summed E-state index contributed by atoms with van der Waals surface area (Å²) in [4.78, 5) is 25.5. The van der Waals surface area contributed by atoms with Gasteiger partial charge < -0.3 is 9.88 Å². The molecule has 0 saturated carbocycles. The number of fused-ring (bicyclic) bond motifs is 1. The molecule has 6 heteroatoms. The molecule has 3 aromatic carbocycles. The fraction of sp³-hybridized carbons (Fsp3) is 0.0909. The van der Waals surface area contributed by atoms with Crippen LogP contribution in [-0.4, -0.2) is 10.5 Å². The smallest absolute Gasteiger partial charge is 0.307 e. The van der Waals surface area contributed by atoms with Gasteiger partial charge in [0, 0.05) is 28.9 Å². The molecule has 28 heavy (non-hydrogen) atoms. The molecular formula is C22H18N2O2S2. The minimum absolute atomic E-state index is 0.0116. The summed E-state index contributed by atoms with van der Waals surface area (Å²) in [6, 6.07) is 23.4. The Bertz CT molecular complexity index is 1180. The number of thiazole rings is 1. The Hall–Kier alpha value is -2.83. The molecule has 0 saturated heterocycles. The van der Waals surface area contributed by atoms with Gasteiger partial charge in [-0.1, -0.05) is 41.7 Å². The van der Waals surface area contributed by atoms with Gasteiger partial charge in [-0.3, -0.25) is 9.59 Å². The normalized spacial score (nSPS) is 10.9. The lowest BCUT2D eigenvalue weighted by Gasteiger charge is -2.07. The third kappa shape index (κ3) is 4.03. The van der Waals surface area contributed by atoms with Crippen LogP contribution in [0.15, 0.2) is 82.5 Å². The number of carbonyl (C=O) groups excluding carboxylic acids is 1. The van der Waals surface area contributed by atoms with Crippen molar-refractivity contribution in [2.45, 2.75) is 10.6 Å². The summed E-state index contributed by atoms with van der Waals surface area (Å²) in [5, 5.41) is 2.91. The second-order valence-corrected chi connectivity index (χ2v) is 8.40. The van der Waals surface area contributed by atoms with E-state index in [4.69, 9.17) is 0 Å². The molecule has 0 bridgehead atoms. The average Bonchev–Trinajstić information content (AvgIpc) is 3.00. The van der Waals surface area contributed by atoms with Crippen LogP contribution in [0.5, 0.6) is 0 Å². The van der Waals surface area contributed by atoms with Crippen molar-refractivity contribution in [1.82, 2.24) is 4.57 Å². The van der Waals surface area contributed by atoms with Gasteiger partial charge in [0.15, 0.2) is 0 Å². The predicted octanol–water partition coefficient (Wildman–Crippen LogP) is 5.14. The summed E-state index contributed by atoms with van der Waals surface area (Å²) in [5.74, 6) is 0.695. The van der Waals surface area contributed by atoms with Crippen LogP contribution in [0, 0.1) is 0 Å². The van der Waals surface area contributed by atoms with Crippen LogP contribution in [-0.2, 0) is 12.8 Å². The quantitative estimate of drug-likeness (QED) is 0.467. The van der Waals surface area contributed by atoms with Gasteiger partial charge in [-0.25, -0.2) is 0 Å². The molecule has 1 aromatic heterocycles. The van der Waals surface area contributed by atoms with Gasteiger partial charge in [-0.2, -0.15) is 0 Å². The predicted molar refractivity (Wildman–Crippen MR) is 117 cm³/mol. The van der Waals surface area contributed by atoms with Gasteiger partial charge in [0.25, 0.3) is 5.91 Å². The Morgan fingerprint density at radius 3 is 2.54 bits per heavy atom. The molecule has 1 amide bonds. The van der Waals surface area contributed by atoms with E-state index in [-0.39, 0.29) is 10.8 Å². The number of hydrogen-bond donors (Lipinski definition) is 1. The van der Waals surface area contributed by atoms with Crippen molar-refractivity contribution in [2.24, 2.45) is 7.05 Å². The van der Waals surface area contributed by atoms with Crippen molar-refractivity contribution in [1.29, 1.82) is 0 Å². The highest BCUT2D eigenvalue weighted by atomic mass is 32.2. The maximum absolute atomic E-state index is 12.5. The number of carbonyl (C=O) groups is 1. The molecule has 0 aliphatic carbocycles. The van der Waals surface area contributed by atoms with E-state index in [1.54, 1.807) is 23.4 Å². The average molecular weight is 407 g/mol. The number of benzene rings is 3. The molecule has 4 rings (SSSR count). The van der Waals surface area contributed by atoms with Gasteiger partial charge in [0.1, 0.15) is 0 Å². The maximum atomic E-state index is 12.5. The number of thioether (sulfide) groups is 1. The van der Waals surface area contributed by atoms with E-state index in [9.17, 15) is 9.59 Å². The summed E-state index contributed by atoms with van der Waals surface area (Å²) in [6.45, 7) is 0. The fourth-order valence-electron chi connectivity index (χ4n) is 2.85. The first-order chi connectivity index (χ1) is 13.6. The van der Waals surface area contributed by atoms with Gasteiger partial charge in [-0.05, 0) is 48.0 Å². The monoisotopic (exact) mass is 406 g/mol. The molecule has 0 spiro atoms. The topological polar surface area (TPSA) is 51.1 Å². The summed E-state index contributed by atoms with van der Waals surface area (Å²) in [7, 11) is 1.75. The molecule has 1 heterocycles. The largest absolute Gasteiger partial charge is 0.322 e. The number of hydrogen-bond acceptors (Lipinski definition) is 4. The number of amides is 1.